The van der Waals surface area contributed by atoms with Gasteiger partial charge in [0.1, 0.15) is 5.75 Å². The summed E-state index contributed by atoms with van der Waals surface area (Å²) < 4.78 is 5.82. The molecule has 0 aliphatic heterocycles. The second-order valence-corrected chi connectivity index (χ2v) is 7.16. The Labute approximate surface area is 168 Å². The highest BCUT2D eigenvalue weighted by Gasteiger charge is 2.01. The molecule has 0 amide bonds. The molecular formula is C24H31NO3. The highest BCUT2D eigenvalue weighted by molar-refractivity contribution is 5.64. The SMILES string of the molecule is N#Cc1ccc(-c2ccc(OCCCCCCCCCC(O)CO)cc2)cc1. The molecule has 1 unspecified atom stereocenters. The first kappa shape index (κ1) is 21.9. The summed E-state index contributed by atoms with van der Waals surface area (Å²) in [5, 5.41) is 26.9. The Morgan fingerprint density at radius 1 is 0.786 bits per heavy atom. The van der Waals surface area contributed by atoms with Crippen LogP contribution in [0.15, 0.2) is 48.5 Å². The predicted molar refractivity (Wildman–Crippen MR) is 112 cm³/mol. The predicted octanol–water partition coefficient (Wildman–Crippen LogP) is 5.08. The highest BCUT2D eigenvalue weighted by Crippen LogP contribution is 2.23. The molecule has 2 aromatic carbocycles. The lowest BCUT2D eigenvalue weighted by molar-refractivity contribution is 0.0860. The second kappa shape index (κ2) is 12.9. The van der Waals surface area contributed by atoms with Crippen LogP contribution in [0.3, 0.4) is 0 Å². The van der Waals surface area contributed by atoms with Crippen molar-refractivity contribution in [3.05, 3.63) is 54.1 Å². The molecule has 0 radical (unpaired) electrons. The zero-order chi connectivity index (χ0) is 20.0. The van der Waals surface area contributed by atoms with Crippen molar-refractivity contribution < 1.29 is 14.9 Å². The molecule has 0 saturated carbocycles. The number of aliphatic hydroxyl groups is 2. The molecule has 2 N–H and O–H groups in total. The number of nitrogens with zero attached hydrogens (tertiary/aromatic N) is 1. The molecule has 1 atom stereocenters. The Hall–Kier alpha value is -2.35. The van der Waals surface area contributed by atoms with Gasteiger partial charge in [0.25, 0.3) is 0 Å². The summed E-state index contributed by atoms with van der Waals surface area (Å²) in [6, 6.07) is 17.8. The van der Waals surface area contributed by atoms with Crippen molar-refractivity contribution in [3.8, 4) is 22.9 Å². The van der Waals surface area contributed by atoms with E-state index in [0.717, 1.165) is 42.7 Å². The van der Waals surface area contributed by atoms with Crippen LogP contribution in [0, 0.1) is 11.3 Å². The molecule has 0 bridgehead atoms. The normalized spacial score (nSPS) is 11.8. The summed E-state index contributed by atoms with van der Waals surface area (Å²) in [7, 11) is 0. The van der Waals surface area contributed by atoms with E-state index in [1.54, 1.807) is 0 Å². The first-order chi connectivity index (χ1) is 13.7. The molecule has 0 aliphatic rings. The number of benzene rings is 2. The van der Waals surface area contributed by atoms with Gasteiger partial charge in [-0.05, 0) is 48.2 Å². The minimum absolute atomic E-state index is 0.127. The monoisotopic (exact) mass is 381 g/mol. The second-order valence-electron chi connectivity index (χ2n) is 7.16. The van der Waals surface area contributed by atoms with Crippen molar-refractivity contribution in [1.29, 1.82) is 5.26 Å². The van der Waals surface area contributed by atoms with Gasteiger partial charge in [0.15, 0.2) is 0 Å². The molecule has 0 heterocycles. The summed E-state index contributed by atoms with van der Waals surface area (Å²) in [6.45, 7) is 0.608. The average Bonchev–Trinajstić information content (AvgIpc) is 2.75. The number of hydrogen-bond acceptors (Lipinski definition) is 4. The van der Waals surface area contributed by atoms with E-state index in [9.17, 15) is 5.11 Å². The Balaban J connectivity index is 1.55. The molecule has 28 heavy (non-hydrogen) atoms. The minimum Gasteiger partial charge on any atom is -0.494 e. The van der Waals surface area contributed by atoms with Crippen molar-refractivity contribution in [3.63, 3.8) is 0 Å². The fourth-order valence-electron chi connectivity index (χ4n) is 3.13. The summed E-state index contributed by atoms with van der Waals surface area (Å²) in [6.07, 6.45) is 8.11. The number of hydrogen-bond donors (Lipinski definition) is 2. The van der Waals surface area contributed by atoms with E-state index in [1.165, 1.54) is 25.7 Å². The van der Waals surface area contributed by atoms with Crippen LogP contribution in [0.1, 0.15) is 56.9 Å². The van der Waals surface area contributed by atoms with Gasteiger partial charge in [0.05, 0.1) is 31.0 Å². The third-order valence-electron chi connectivity index (χ3n) is 4.86. The Kier molecular flexibility index (Phi) is 10.1. The highest BCUT2D eigenvalue weighted by atomic mass is 16.5. The van der Waals surface area contributed by atoms with Gasteiger partial charge in [-0.25, -0.2) is 0 Å². The van der Waals surface area contributed by atoms with Crippen molar-refractivity contribution in [2.45, 2.75) is 57.5 Å². The molecule has 2 aromatic rings. The molecule has 0 aromatic heterocycles. The van der Waals surface area contributed by atoms with Gasteiger partial charge in [0.2, 0.25) is 0 Å². The zero-order valence-corrected chi connectivity index (χ0v) is 16.5. The van der Waals surface area contributed by atoms with Gasteiger partial charge in [-0.2, -0.15) is 5.26 Å². The number of unbranched alkanes of at least 4 members (excludes halogenated alkanes) is 6. The largest absolute Gasteiger partial charge is 0.494 e. The van der Waals surface area contributed by atoms with Crippen LogP contribution in [0.4, 0.5) is 0 Å². The van der Waals surface area contributed by atoms with Gasteiger partial charge in [-0.3, -0.25) is 0 Å². The average molecular weight is 382 g/mol. The molecule has 2 rings (SSSR count). The van der Waals surface area contributed by atoms with Crippen molar-refractivity contribution >= 4 is 0 Å². The van der Waals surface area contributed by atoms with Gasteiger partial charge in [0, 0.05) is 0 Å². The van der Waals surface area contributed by atoms with Crippen LogP contribution in [0.5, 0.6) is 5.75 Å². The third-order valence-corrected chi connectivity index (χ3v) is 4.86. The van der Waals surface area contributed by atoms with Gasteiger partial charge >= 0.3 is 0 Å². The van der Waals surface area contributed by atoms with Crippen molar-refractivity contribution in [1.82, 2.24) is 0 Å². The van der Waals surface area contributed by atoms with Crippen molar-refractivity contribution in [2.24, 2.45) is 0 Å². The third kappa shape index (κ3) is 8.12. The van der Waals surface area contributed by atoms with E-state index >= 15 is 0 Å². The Bertz CT molecular complexity index is 704. The van der Waals surface area contributed by atoms with Crippen LogP contribution >= 0.6 is 0 Å². The summed E-state index contributed by atoms with van der Waals surface area (Å²) in [5.41, 5.74) is 2.88. The van der Waals surface area contributed by atoms with Gasteiger partial charge < -0.3 is 14.9 Å². The number of aliphatic hydroxyl groups excluding tert-OH is 2. The summed E-state index contributed by atoms with van der Waals surface area (Å²) >= 11 is 0. The fourth-order valence-corrected chi connectivity index (χ4v) is 3.13. The van der Waals surface area contributed by atoms with Crippen LogP contribution in [0.2, 0.25) is 0 Å². The molecule has 150 valence electrons. The van der Waals surface area contributed by atoms with Crippen LogP contribution < -0.4 is 4.74 Å². The first-order valence-corrected chi connectivity index (χ1v) is 10.3. The molecule has 0 aliphatic carbocycles. The zero-order valence-electron chi connectivity index (χ0n) is 16.5. The van der Waals surface area contributed by atoms with E-state index in [0.29, 0.717) is 12.0 Å². The Morgan fingerprint density at radius 2 is 1.32 bits per heavy atom. The van der Waals surface area contributed by atoms with Gasteiger partial charge in [-0.1, -0.05) is 62.8 Å². The van der Waals surface area contributed by atoms with E-state index < -0.39 is 6.10 Å². The molecule has 4 heteroatoms. The van der Waals surface area contributed by atoms with E-state index in [-0.39, 0.29) is 6.61 Å². The van der Waals surface area contributed by atoms with E-state index in [2.05, 4.69) is 6.07 Å². The smallest absolute Gasteiger partial charge is 0.119 e. The lowest BCUT2D eigenvalue weighted by Gasteiger charge is -2.08. The summed E-state index contributed by atoms with van der Waals surface area (Å²) in [4.78, 5) is 0. The van der Waals surface area contributed by atoms with E-state index in [4.69, 9.17) is 15.1 Å². The van der Waals surface area contributed by atoms with Gasteiger partial charge in [-0.15, -0.1) is 0 Å². The lowest BCUT2D eigenvalue weighted by atomic mass is 10.0. The number of ether oxygens (including phenoxy) is 1. The molecule has 0 fully saturated rings. The molecule has 0 spiro atoms. The maximum atomic E-state index is 9.27. The van der Waals surface area contributed by atoms with E-state index in [1.807, 2.05) is 48.5 Å². The van der Waals surface area contributed by atoms with Crippen LogP contribution in [0.25, 0.3) is 11.1 Å². The molecular weight excluding hydrogens is 350 g/mol. The maximum Gasteiger partial charge on any atom is 0.119 e. The standard InChI is InChI=1S/C24H31NO3/c25-18-20-9-11-21(12-10-20)22-13-15-24(16-14-22)28-17-7-5-3-1-2-4-6-8-23(27)19-26/h9-16,23,26-27H,1-8,17,19H2. The minimum atomic E-state index is -0.546. The Morgan fingerprint density at radius 3 is 1.89 bits per heavy atom. The maximum absolute atomic E-state index is 9.27. The number of rotatable bonds is 13. The molecule has 4 nitrogen and oxygen atoms in total. The number of nitriles is 1. The first-order valence-electron chi connectivity index (χ1n) is 10.3. The molecule has 0 saturated heterocycles. The van der Waals surface area contributed by atoms with Crippen LogP contribution in [-0.2, 0) is 0 Å². The van der Waals surface area contributed by atoms with Crippen LogP contribution in [-0.4, -0.2) is 29.5 Å². The summed E-state index contributed by atoms with van der Waals surface area (Å²) in [5.74, 6) is 0.889. The lowest BCUT2D eigenvalue weighted by Crippen LogP contribution is -2.10. The quantitative estimate of drug-likeness (QED) is 0.475. The topological polar surface area (TPSA) is 73.5 Å². The van der Waals surface area contributed by atoms with Crippen molar-refractivity contribution in [2.75, 3.05) is 13.2 Å². The fraction of sp³-hybridized carbons (Fsp3) is 0.458.